The van der Waals surface area contributed by atoms with Crippen LogP contribution < -0.4 is 11.1 Å². The summed E-state index contributed by atoms with van der Waals surface area (Å²) in [7, 11) is 0. The standard InChI is InChI=1S/C21H25N3O.2ClH/c22-19-10-15-7-4-8-16(11-19)20(15)24-21(25)18-9-17(12-23-13-18)14-5-2-1-3-6-14;;/h1-3,5-6,9,12-13,15-16,19-20H,4,7-8,10-11,22H2,(H,24,25);2*1H. The van der Waals surface area contributed by atoms with Crippen molar-refractivity contribution < 1.29 is 4.79 Å². The van der Waals surface area contributed by atoms with Crippen molar-refractivity contribution in [2.24, 2.45) is 17.6 Å². The first-order valence-electron chi connectivity index (χ1n) is 9.27. The van der Waals surface area contributed by atoms with E-state index in [1.54, 1.807) is 12.4 Å². The minimum atomic E-state index is -0.0114. The van der Waals surface area contributed by atoms with Crippen LogP contribution in [0.1, 0.15) is 42.5 Å². The number of benzene rings is 1. The molecule has 0 aliphatic heterocycles. The average molecular weight is 408 g/mol. The summed E-state index contributed by atoms with van der Waals surface area (Å²) in [5.41, 5.74) is 8.87. The lowest BCUT2D eigenvalue weighted by Gasteiger charge is -2.45. The fourth-order valence-electron chi connectivity index (χ4n) is 4.61. The Bertz CT molecular complexity index is 742. The van der Waals surface area contributed by atoms with Gasteiger partial charge < -0.3 is 11.1 Å². The van der Waals surface area contributed by atoms with Gasteiger partial charge in [0.05, 0.1) is 5.56 Å². The summed E-state index contributed by atoms with van der Waals surface area (Å²) in [6.07, 6.45) is 9.15. The monoisotopic (exact) mass is 407 g/mol. The number of hydrogen-bond donors (Lipinski definition) is 2. The van der Waals surface area contributed by atoms with E-state index < -0.39 is 0 Å². The van der Waals surface area contributed by atoms with E-state index in [2.05, 4.69) is 10.3 Å². The highest BCUT2D eigenvalue weighted by Gasteiger charge is 2.39. The van der Waals surface area contributed by atoms with E-state index in [-0.39, 0.29) is 36.8 Å². The van der Waals surface area contributed by atoms with E-state index in [1.165, 1.54) is 19.3 Å². The SMILES string of the molecule is Cl.Cl.NC1CC2CCCC(C1)C2NC(=O)c1cncc(-c2ccccc2)c1. The van der Waals surface area contributed by atoms with Crippen molar-refractivity contribution in [2.75, 3.05) is 0 Å². The van der Waals surface area contributed by atoms with Crippen molar-refractivity contribution in [2.45, 2.75) is 44.2 Å². The maximum atomic E-state index is 12.8. The molecule has 4 nitrogen and oxygen atoms in total. The average Bonchev–Trinajstić information content (AvgIpc) is 2.63. The van der Waals surface area contributed by atoms with Crippen LogP contribution in [-0.4, -0.2) is 23.0 Å². The third kappa shape index (κ3) is 4.81. The summed E-state index contributed by atoms with van der Waals surface area (Å²) in [4.78, 5) is 17.1. The molecular weight excluding hydrogens is 381 g/mol. The minimum absolute atomic E-state index is 0. The number of carbonyl (C=O) groups excluding carboxylic acids is 1. The molecule has 0 saturated heterocycles. The molecule has 2 atom stereocenters. The van der Waals surface area contributed by atoms with E-state index in [0.29, 0.717) is 23.4 Å². The van der Waals surface area contributed by atoms with E-state index in [4.69, 9.17) is 5.73 Å². The molecule has 2 saturated carbocycles. The van der Waals surface area contributed by atoms with Gasteiger partial charge in [0.15, 0.2) is 0 Å². The Balaban J connectivity index is 0.00000131. The molecule has 2 aliphatic rings. The number of halogens is 2. The van der Waals surface area contributed by atoms with Crippen molar-refractivity contribution in [1.82, 2.24) is 10.3 Å². The van der Waals surface area contributed by atoms with Gasteiger partial charge in [-0.15, -0.1) is 24.8 Å². The first-order valence-corrected chi connectivity index (χ1v) is 9.27. The van der Waals surface area contributed by atoms with Gasteiger partial charge in [-0.3, -0.25) is 9.78 Å². The van der Waals surface area contributed by atoms with Crippen molar-refractivity contribution in [1.29, 1.82) is 0 Å². The predicted octanol–water partition coefficient (Wildman–Crippen LogP) is 4.23. The van der Waals surface area contributed by atoms with Crippen molar-refractivity contribution in [3.63, 3.8) is 0 Å². The third-order valence-electron chi connectivity index (χ3n) is 5.78. The van der Waals surface area contributed by atoms with E-state index >= 15 is 0 Å². The number of nitrogens with one attached hydrogen (secondary N) is 1. The number of pyridine rings is 1. The highest BCUT2D eigenvalue weighted by molar-refractivity contribution is 5.95. The molecule has 2 unspecified atom stereocenters. The molecule has 146 valence electrons. The fourth-order valence-corrected chi connectivity index (χ4v) is 4.61. The lowest BCUT2D eigenvalue weighted by Crippen LogP contribution is -2.53. The zero-order valence-corrected chi connectivity index (χ0v) is 16.8. The van der Waals surface area contributed by atoms with Crippen LogP contribution in [0.5, 0.6) is 0 Å². The predicted molar refractivity (Wildman–Crippen MR) is 113 cm³/mol. The number of fused-ring (bicyclic) bond motifs is 2. The molecule has 1 aromatic carbocycles. The normalized spacial score (nSPS) is 26.3. The van der Waals surface area contributed by atoms with Crippen LogP contribution in [0.3, 0.4) is 0 Å². The molecule has 6 heteroatoms. The van der Waals surface area contributed by atoms with E-state index in [9.17, 15) is 4.79 Å². The molecule has 1 heterocycles. The molecule has 4 rings (SSSR count). The number of amides is 1. The molecule has 1 amide bonds. The Morgan fingerprint density at radius 3 is 2.33 bits per heavy atom. The first-order chi connectivity index (χ1) is 12.2. The second-order valence-corrected chi connectivity index (χ2v) is 7.51. The quantitative estimate of drug-likeness (QED) is 0.799. The van der Waals surface area contributed by atoms with Crippen molar-refractivity contribution in [3.8, 4) is 11.1 Å². The van der Waals surface area contributed by atoms with Crippen LogP contribution >= 0.6 is 24.8 Å². The molecule has 0 spiro atoms. The Labute approximate surface area is 173 Å². The van der Waals surface area contributed by atoms with Crippen molar-refractivity contribution >= 4 is 30.7 Å². The lowest BCUT2D eigenvalue weighted by molar-refractivity contribution is 0.0755. The fraction of sp³-hybridized carbons (Fsp3) is 0.429. The molecule has 1 aromatic heterocycles. The Kier molecular flexibility index (Phi) is 7.66. The molecule has 2 bridgehead atoms. The molecule has 2 aliphatic carbocycles. The number of nitrogens with zero attached hydrogens (tertiary/aromatic N) is 1. The summed E-state index contributed by atoms with van der Waals surface area (Å²) in [6, 6.07) is 12.5. The van der Waals surface area contributed by atoms with Crippen molar-refractivity contribution in [3.05, 3.63) is 54.4 Å². The summed E-state index contributed by atoms with van der Waals surface area (Å²) < 4.78 is 0. The third-order valence-corrected chi connectivity index (χ3v) is 5.78. The van der Waals surface area contributed by atoms with Crippen LogP contribution in [-0.2, 0) is 0 Å². The highest BCUT2D eigenvalue weighted by atomic mass is 35.5. The maximum Gasteiger partial charge on any atom is 0.253 e. The largest absolute Gasteiger partial charge is 0.349 e. The van der Waals surface area contributed by atoms with Crippen LogP contribution in [0.25, 0.3) is 11.1 Å². The molecular formula is C21H27Cl2N3O. The smallest absolute Gasteiger partial charge is 0.253 e. The summed E-state index contributed by atoms with van der Waals surface area (Å²) in [5.74, 6) is 1.04. The minimum Gasteiger partial charge on any atom is -0.349 e. The highest BCUT2D eigenvalue weighted by Crippen LogP contribution is 2.39. The molecule has 0 radical (unpaired) electrons. The van der Waals surface area contributed by atoms with Gasteiger partial charge in [0.2, 0.25) is 0 Å². The van der Waals surface area contributed by atoms with Gasteiger partial charge in [-0.2, -0.15) is 0 Å². The van der Waals surface area contributed by atoms with Gasteiger partial charge in [0, 0.05) is 30.0 Å². The Morgan fingerprint density at radius 1 is 1.00 bits per heavy atom. The first kappa shape index (κ1) is 21.7. The topological polar surface area (TPSA) is 68.0 Å². The van der Waals surface area contributed by atoms with Crippen LogP contribution in [0, 0.1) is 11.8 Å². The van der Waals surface area contributed by atoms with Gasteiger partial charge >= 0.3 is 0 Å². The summed E-state index contributed by atoms with van der Waals surface area (Å²) in [6.45, 7) is 0. The van der Waals surface area contributed by atoms with Gasteiger partial charge in [-0.1, -0.05) is 36.8 Å². The number of aromatic nitrogens is 1. The Morgan fingerprint density at radius 2 is 1.67 bits per heavy atom. The molecule has 3 N–H and O–H groups in total. The van der Waals surface area contributed by atoms with Gasteiger partial charge in [0.1, 0.15) is 0 Å². The second kappa shape index (κ2) is 9.54. The van der Waals surface area contributed by atoms with Crippen LogP contribution in [0.15, 0.2) is 48.8 Å². The molecule has 27 heavy (non-hydrogen) atoms. The van der Waals surface area contributed by atoms with E-state index in [1.807, 2.05) is 36.4 Å². The summed E-state index contributed by atoms with van der Waals surface area (Å²) >= 11 is 0. The lowest BCUT2D eigenvalue weighted by atomic mass is 9.67. The van der Waals surface area contributed by atoms with Crippen LogP contribution in [0.4, 0.5) is 0 Å². The summed E-state index contributed by atoms with van der Waals surface area (Å²) in [5, 5.41) is 3.30. The number of nitrogens with two attached hydrogens (primary N) is 1. The number of carbonyl (C=O) groups is 1. The molecule has 2 fully saturated rings. The molecule has 2 aromatic rings. The van der Waals surface area contributed by atoms with Crippen LogP contribution in [0.2, 0.25) is 0 Å². The van der Waals surface area contributed by atoms with Gasteiger partial charge in [0.25, 0.3) is 5.91 Å². The maximum absolute atomic E-state index is 12.8. The van der Waals surface area contributed by atoms with Gasteiger partial charge in [-0.25, -0.2) is 0 Å². The zero-order valence-electron chi connectivity index (χ0n) is 15.2. The number of hydrogen-bond acceptors (Lipinski definition) is 3. The number of rotatable bonds is 3. The zero-order chi connectivity index (χ0) is 17.2. The Hall–Kier alpha value is -1.62. The van der Waals surface area contributed by atoms with Gasteiger partial charge in [-0.05, 0) is 49.1 Å². The van der Waals surface area contributed by atoms with E-state index in [0.717, 1.165) is 24.0 Å². The second-order valence-electron chi connectivity index (χ2n) is 7.51.